The van der Waals surface area contributed by atoms with Crippen molar-refractivity contribution in [3.05, 3.63) is 54.1 Å². The highest BCUT2D eigenvalue weighted by Gasteiger charge is 2.06. The summed E-state index contributed by atoms with van der Waals surface area (Å²) in [5.74, 6) is -2.03. The Bertz CT molecular complexity index is 594. The van der Waals surface area contributed by atoms with E-state index in [2.05, 4.69) is 5.32 Å². The Morgan fingerprint density at radius 1 is 1.10 bits per heavy atom. The first-order chi connectivity index (χ1) is 9.52. The maximum atomic E-state index is 12.9. The van der Waals surface area contributed by atoms with Crippen LogP contribution in [-0.2, 0) is 4.79 Å². The van der Waals surface area contributed by atoms with Crippen LogP contribution in [0.25, 0.3) is 0 Å². The summed E-state index contributed by atoms with van der Waals surface area (Å²) in [6.07, 6.45) is 0. The molecular weight excluding hydrogens is 268 g/mol. The Morgan fingerprint density at radius 3 is 2.30 bits per heavy atom. The lowest BCUT2D eigenvalue weighted by Crippen LogP contribution is -2.20. The number of phenols is 1. The number of halogens is 2. The second-order valence-corrected chi connectivity index (χ2v) is 3.99. The molecule has 20 heavy (non-hydrogen) atoms. The van der Waals surface area contributed by atoms with Gasteiger partial charge in [0.25, 0.3) is 5.91 Å². The van der Waals surface area contributed by atoms with Gasteiger partial charge in [-0.15, -0.1) is 0 Å². The average Bonchev–Trinajstić information content (AvgIpc) is 2.38. The number of nitrogens with one attached hydrogen (secondary N) is 1. The molecule has 0 fully saturated rings. The summed E-state index contributed by atoms with van der Waals surface area (Å²) in [4.78, 5) is 11.6. The van der Waals surface area contributed by atoms with Gasteiger partial charge in [-0.3, -0.25) is 4.79 Å². The van der Waals surface area contributed by atoms with Gasteiger partial charge < -0.3 is 15.2 Å². The standard InChI is InChI=1S/C14H11F2NO3/c15-9-5-10(16)7-13(6-9)20-8-14(19)17-11-1-3-12(18)4-2-11/h1-7,18H,8H2,(H,17,19). The van der Waals surface area contributed by atoms with Gasteiger partial charge in [0.2, 0.25) is 0 Å². The van der Waals surface area contributed by atoms with E-state index in [4.69, 9.17) is 9.84 Å². The van der Waals surface area contributed by atoms with Crippen LogP contribution in [0, 0.1) is 11.6 Å². The van der Waals surface area contributed by atoms with Crippen molar-refractivity contribution in [3.8, 4) is 11.5 Å². The number of anilines is 1. The van der Waals surface area contributed by atoms with E-state index in [1.165, 1.54) is 24.3 Å². The molecule has 6 heteroatoms. The summed E-state index contributed by atoms with van der Waals surface area (Å²) in [5, 5.41) is 11.6. The van der Waals surface area contributed by atoms with Crippen LogP contribution in [0.15, 0.2) is 42.5 Å². The molecule has 0 aliphatic heterocycles. The van der Waals surface area contributed by atoms with Crippen molar-refractivity contribution in [1.29, 1.82) is 0 Å². The quantitative estimate of drug-likeness (QED) is 0.846. The van der Waals surface area contributed by atoms with E-state index in [0.717, 1.165) is 12.1 Å². The van der Waals surface area contributed by atoms with Crippen molar-refractivity contribution < 1.29 is 23.4 Å². The molecule has 2 aromatic rings. The van der Waals surface area contributed by atoms with Gasteiger partial charge in [0, 0.05) is 23.9 Å². The van der Waals surface area contributed by atoms with Gasteiger partial charge in [-0.05, 0) is 24.3 Å². The van der Waals surface area contributed by atoms with Crippen molar-refractivity contribution in [3.63, 3.8) is 0 Å². The number of amides is 1. The molecule has 0 unspecified atom stereocenters. The highest BCUT2D eigenvalue weighted by Crippen LogP contribution is 2.16. The van der Waals surface area contributed by atoms with Gasteiger partial charge in [-0.2, -0.15) is 0 Å². The summed E-state index contributed by atoms with van der Waals surface area (Å²) >= 11 is 0. The molecular formula is C14H11F2NO3. The molecule has 0 saturated heterocycles. The number of benzene rings is 2. The monoisotopic (exact) mass is 279 g/mol. The Labute approximate surface area is 113 Å². The van der Waals surface area contributed by atoms with Crippen LogP contribution in [0.2, 0.25) is 0 Å². The molecule has 0 atom stereocenters. The lowest BCUT2D eigenvalue weighted by Gasteiger charge is -2.08. The lowest BCUT2D eigenvalue weighted by molar-refractivity contribution is -0.118. The average molecular weight is 279 g/mol. The van der Waals surface area contributed by atoms with Gasteiger partial charge in [0.1, 0.15) is 23.1 Å². The molecule has 0 aromatic heterocycles. The van der Waals surface area contributed by atoms with E-state index < -0.39 is 17.5 Å². The highest BCUT2D eigenvalue weighted by molar-refractivity contribution is 5.91. The number of carbonyl (C=O) groups excluding carboxylic acids is 1. The normalized spacial score (nSPS) is 10.1. The third kappa shape index (κ3) is 3.94. The van der Waals surface area contributed by atoms with Gasteiger partial charge in [-0.1, -0.05) is 0 Å². The zero-order chi connectivity index (χ0) is 14.5. The van der Waals surface area contributed by atoms with Gasteiger partial charge >= 0.3 is 0 Å². The van der Waals surface area contributed by atoms with Crippen LogP contribution in [0.5, 0.6) is 11.5 Å². The first-order valence-corrected chi connectivity index (χ1v) is 5.71. The van der Waals surface area contributed by atoms with Crippen molar-refractivity contribution >= 4 is 11.6 Å². The minimum Gasteiger partial charge on any atom is -0.508 e. The topological polar surface area (TPSA) is 58.6 Å². The first-order valence-electron chi connectivity index (χ1n) is 5.71. The van der Waals surface area contributed by atoms with Crippen LogP contribution in [-0.4, -0.2) is 17.6 Å². The van der Waals surface area contributed by atoms with Crippen LogP contribution >= 0.6 is 0 Å². The number of hydrogen-bond donors (Lipinski definition) is 2. The number of hydrogen-bond acceptors (Lipinski definition) is 3. The maximum Gasteiger partial charge on any atom is 0.262 e. The SMILES string of the molecule is O=C(COc1cc(F)cc(F)c1)Nc1ccc(O)cc1. The molecule has 0 aliphatic rings. The van der Waals surface area contributed by atoms with Crippen LogP contribution in [0.1, 0.15) is 0 Å². The molecule has 4 nitrogen and oxygen atoms in total. The molecule has 2 aromatic carbocycles. The Hall–Kier alpha value is -2.63. The smallest absolute Gasteiger partial charge is 0.262 e. The zero-order valence-electron chi connectivity index (χ0n) is 10.3. The maximum absolute atomic E-state index is 12.9. The predicted molar refractivity (Wildman–Crippen MR) is 68.6 cm³/mol. The second kappa shape index (κ2) is 6.01. The molecule has 0 radical (unpaired) electrons. The molecule has 1 amide bonds. The van der Waals surface area contributed by atoms with E-state index in [-0.39, 0.29) is 18.1 Å². The largest absolute Gasteiger partial charge is 0.508 e. The minimum atomic E-state index is -0.779. The number of aromatic hydroxyl groups is 1. The molecule has 104 valence electrons. The second-order valence-electron chi connectivity index (χ2n) is 3.99. The third-order valence-electron chi connectivity index (χ3n) is 2.36. The lowest BCUT2D eigenvalue weighted by atomic mass is 10.3. The Kier molecular flexibility index (Phi) is 4.14. The van der Waals surface area contributed by atoms with E-state index in [1.807, 2.05) is 0 Å². The van der Waals surface area contributed by atoms with Crippen LogP contribution in [0.4, 0.5) is 14.5 Å². The summed E-state index contributed by atoms with van der Waals surface area (Å²) in [5.41, 5.74) is 0.474. The molecule has 2 N–H and O–H groups in total. The Balaban J connectivity index is 1.90. The van der Waals surface area contributed by atoms with E-state index in [1.54, 1.807) is 0 Å². The minimum absolute atomic E-state index is 0.0663. The predicted octanol–water partition coefficient (Wildman–Crippen LogP) is 2.69. The first kappa shape index (κ1) is 13.8. The molecule has 2 rings (SSSR count). The van der Waals surface area contributed by atoms with Crippen LogP contribution in [0.3, 0.4) is 0 Å². The fourth-order valence-electron chi connectivity index (χ4n) is 1.50. The van der Waals surface area contributed by atoms with Crippen molar-refractivity contribution in [2.75, 3.05) is 11.9 Å². The van der Waals surface area contributed by atoms with E-state index in [0.29, 0.717) is 11.8 Å². The molecule has 0 spiro atoms. The van der Waals surface area contributed by atoms with Crippen LogP contribution < -0.4 is 10.1 Å². The number of rotatable bonds is 4. The third-order valence-corrected chi connectivity index (χ3v) is 2.36. The van der Waals surface area contributed by atoms with Crippen molar-refractivity contribution in [2.24, 2.45) is 0 Å². The molecule has 0 aliphatic carbocycles. The number of carbonyl (C=O) groups is 1. The fourth-order valence-corrected chi connectivity index (χ4v) is 1.50. The summed E-state index contributed by atoms with van der Waals surface area (Å²) in [6.45, 7) is -0.385. The summed E-state index contributed by atoms with van der Waals surface area (Å²) in [7, 11) is 0. The van der Waals surface area contributed by atoms with E-state index in [9.17, 15) is 13.6 Å². The summed E-state index contributed by atoms with van der Waals surface area (Å²) < 4.78 is 30.8. The molecule has 0 saturated carbocycles. The van der Waals surface area contributed by atoms with Crippen molar-refractivity contribution in [1.82, 2.24) is 0 Å². The van der Waals surface area contributed by atoms with Gasteiger partial charge in [-0.25, -0.2) is 8.78 Å². The van der Waals surface area contributed by atoms with E-state index >= 15 is 0 Å². The van der Waals surface area contributed by atoms with Gasteiger partial charge in [0.05, 0.1) is 0 Å². The zero-order valence-corrected chi connectivity index (χ0v) is 10.3. The Morgan fingerprint density at radius 2 is 1.70 bits per heavy atom. The fraction of sp³-hybridized carbons (Fsp3) is 0.0714. The number of phenolic OH excluding ortho intramolecular Hbond substituents is 1. The number of ether oxygens (including phenoxy) is 1. The van der Waals surface area contributed by atoms with Gasteiger partial charge in [0.15, 0.2) is 6.61 Å². The highest BCUT2D eigenvalue weighted by atomic mass is 19.1. The summed E-state index contributed by atoms with van der Waals surface area (Å²) in [6, 6.07) is 8.53. The molecule has 0 heterocycles. The van der Waals surface area contributed by atoms with Crippen molar-refractivity contribution in [2.45, 2.75) is 0 Å². The molecule has 0 bridgehead atoms.